The van der Waals surface area contributed by atoms with Gasteiger partial charge in [0.25, 0.3) is 5.91 Å². The van der Waals surface area contributed by atoms with Gasteiger partial charge in [0.05, 0.1) is 11.9 Å². The van der Waals surface area contributed by atoms with Crippen molar-refractivity contribution in [3.8, 4) is 0 Å². The zero-order valence-corrected chi connectivity index (χ0v) is 19.0. The molecule has 0 heterocycles. The number of rotatable bonds is 7. The average Bonchev–Trinajstić information content (AvgIpc) is 2.72. The summed E-state index contributed by atoms with van der Waals surface area (Å²) in [6, 6.07) is 15.1. The minimum Gasteiger partial charge on any atom is -0.323 e. The molecule has 1 aliphatic rings. The SMILES string of the molecule is CC(C)N(C)S(=O)(=O)c1ccc(NC(=O)C[NH+](C)[C@@H]2CCCc3ccccc32)cc1. The lowest BCUT2D eigenvalue weighted by Gasteiger charge is -2.30. The van der Waals surface area contributed by atoms with Crippen molar-refractivity contribution >= 4 is 21.6 Å². The molecule has 0 radical (unpaired) electrons. The van der Waals surface area contributed by atoms with E-state index in [0.717, 1.165) is 24.2 Å². The largest absolute Gasteiger partial charge is 0.323 e. The number of likely N-dealkylation sites (N-methyl/N-ethyl adjacent to an activating group) is 1. The number of amides is 1. The average molecular weight is 431 g/mol. The molecule has 0 aliphatic heterocycles. The summed E-state index contributed by atoms with van der Waals surface area (Å²) in [4.78, 5) is 14.0. The number of quaternary nitrogens is 1. The van der Waals surface area contributed by atoms with Crippen LogP contribution in [-0.4, -0.2) is 45.3 Å². The first-order chi connectivity index (χ1) is 14.2. The number of hydrogen-bond donors (Lipinski definition) is 2. The zero-order valence-electron chi connectivity index (χ0n) is 18.2. The molecule has 0 fully saturated rings. The van der Waals surface area contributed by atoms with Crippen LogP contribution < -0.4 is 10.2 Å². The second kappa shape index (κ2) is 9.29. The summed E-state index contributed by atoms with van der Waals surface area (Å²) in [7, 11) is 0.0976. The van der Waals surface area contributed by atoms with E-state index in [9.17, 15) is 13.2 Å². The fraction of sp³-hybridized carbons (Fsp3) is 0.435. The highest BCUT2D eigenvalue weighted by Gasteiger charge is 2.28. The van der Waals surface area contributed by atoms with E-state index in [0.29, 0.717) is 18.3 Å². The normalized spacial score (nSPS) is 17.6. The van der Waals surface area contributed by atoms with Gasteiger partial charge in [-0.15, -0.1) is 0 Å². The lowest BCUT2D eigenvalue weighted by molar-refractivity contribution is -0.905. The number of hydrogen-bond acceptors (Lipinski definition) is 3. The van der Waals surface area contributed by atoms with E-state index in [-0.39, 0.29) is 16.8 Å². The van der Waals surface area contributed by atoms with Gasteiger partial charge in [-0.25, -0.2) is 8.42 Å². The number of fused-ring (bicyclic) bond motifs is 1. The molecule has 1 amide bonds. The van der Waals surface area contributed by atoms with E-state index in [4.69, 9.17) is 0 Å². The highest BCUT2D eigenvalue weighted by atomic mass is 32.2. The Morgan fingerprint density at radius 2 is 1.83 bits per heavy atom. The van der Waals surface area contributed by atoms with Gasteiger partial charge < -0.3 is 10.2 Å². The molecule has 2 atom stereocenters. The van der Waals surface area contributed by atoms with Crippen LogP contribution in [0.1, 0.15) is 43.9 Å². The molecule has 1 unspecified atom stereocenters. The number of sulfonamides is 1. The van der Waals surface area contributed by atoms with E-state index in [2.05, 4.69) is 36.6 Å². The molecule has 30 heavy (non-hydrogen) atoms. The standard InChI is InChI=1S/C23H31N3O3S/c1-17(2)26(4)30(28,29)20-14-12-19(13-15-20)24-23(27)16-25(3)22-11-7-9-18-8-5-6-10-21(18)22/h5-6,8,10,12-15,17,22H,7,9,11,16H2,1-4H3,(H,24,27)/p+1/t22-/m1/s1. The molecule has 7 heteroatoms. The highest BCUT2D eigenvalue weighted by Crippen LogP contribution is 2.27. The van der Waals surface area contributed by atoms with Gasteiger partial charge in [0.15, 0.2) is 6.54 Å². The number of nitrogens with one attached hydrogen (secondary N) is 2. The van der Waals surface area contributed by atoms with E-state index < -0.39 is 10.0 Å². The number of aryl methyl sites for hydroxylation is 1. The Morgan fingerprint density at radius 1 is 1.17 bits per heavy atom. The summed E-state index contributed by atoms with van der Waals surface area (Å²) in [5.74, 6) is -0.0783. The molecule has 1 aliphatic carbocycles. The van der Waals surface area contributed by atoms with Gasteiger partial charge in [-0.1, -0.05) is 24.3 Å². The first-order valence-electron chi connectivity index (χ1n) is 10.5. The molecular formula is C23H32N3O3S+. The molecule has 0 spiro atoms. The molecule has 3 rings (SSSR count). The maximum Gasteiger partial charge on any atom is 0.279 e. The van der Waals surface area contributed by atoms with Crippen molar-refractivity contribution in [3.05, 3.63) is 59.7 Å². The summed E-state index contributed by atoms with van der Waals surface area (Å²) >= 11 is 0. The Labute approximate surface area is 179 Å². The van der Waals surface area contributed by atoms with Crippen LogP contribution in [-0.2, 0) is 21.2 Å². The highest BCUT2D eigenvalue weighted by molar-refractivity contribution is 7.89. The molecule has 2 aromatic carbocycles. The van der Waals surface area contributed by atoms with Gasteiger partial charge in [0, 0.05) is 30.8 Å². The monoisotopic (exact) mass is 430 g/mol. The third-order valence-corrected chi connectivity index (χ3v) is 7.99. The van der Waals surface area contributed by atoms with Crippen molar-refractivity contribution < 1.29 is 18.1 Å². The Morgan fingerprint density at radius 3 is 2.50 bits per heavy atom. The fourth-order valence-corrected chi connectivity index (χ4v) is 5.37. The summed E-state index contributed by atoms with van der Waals surface area (Å²) in [5.41, 5.74) is 3.33. The van der Waals surface area contributed by atoms with Gasteiger partial charge in [-0.2, -0.15) is 4.31 Å². The first-order valence-corrected chi connectivity index (χ1v) is 11.9. The zero-order chi connectivity index (χ0) is 21.9. The Hall–Kier alpha value is -2.22. The number of carbonyl (C=O) groups is 1. The number of anilines is 1. The quantitative estimate of drug-likeness (QED) is 0.708. The predicted molar refractivity (Wildman–Crippen MR) is 119 cm³/mol. The van der Waals surface area contributed by atoms with E-state index in [1.807, 2.05) is 13.8 Å². The van der Waals surface area contributed by atoms with E-state index >= 15 is 0 Å². The van der Waals surface area contributed by atoms with Crippen molar-refractivity contribution in [1.82, 2.24) is 4.31 Å². The van der Waals surface area contributed by atoms with Crippen LogP contribution in [0, 0.1) is 0 Å². The van der Waals surface area contributed by atoms with Gasteiger partial charge in [-0.05, 0) is 56.5 Å². The summed E-state index contributed by atoms with van der Waals surface area (Å²) in [6.45, 7) is 4.01. The number of carbonyl (C=O) groups excluding carboxylic acids is 1. The second-order valence-corrected chi connectivity index (χ2v) is 10.4. The van der Waals surface area contributed by atoms with Crippen LogP contribution in [0.3, 0.4) is 0 Å². The van der Waals surface area contributed by atoms with Gasteiger partial charge in [-0.3, -0.25) is 4.79 Å². The Kier molecular flexibility index (Phi) is 6.95. The third kappa shape index (κ3) is 4.91. The van der Waals surface area contributed by atoms with Crippen molar-refractivity contribution in [2.45, 2.75) is 50.1 Å². The van der Waals surface area contributed by atoms with Crippen LogP contribution >= 0.6 is 0 Å². The minimum atomic E-state index is -3.53. The number of benzene rings is 2. The Balaban J connectivity index is 1.63. The van der Waals surface area contributed by atoms with Gasteiger partial charge in [0.1, 0.15) is 6.04 Å². The topological polar surface area (TPSA) is 70.9 Å². The molecular weight excluding hydrogens is 398 g/mol. The van der Waals surface area contributed by atoms with Crippen molar-refractivity contribution in [2.24, 2.45) is 0 Å². The smallest absolute Gasteiger partial charge is 0.279 e. The maximum atomic E-state index is 12.6. The maximum absolute atomic E-state index is 12.6. The molecule has 0 saturated heterocycles. The van der Waals surface area contributed by atoms with Gasteiger partial charge in [0.2, 0.25) is 10.0 Å². The first kappa shape index (κ1) is 22.5. The van der Waals surface area contributed by atoms with Gasteiger partial charge >= 0.3 is 0 Å². The molecule has 0 aromatic heterocycles. The lowest BCUT2D eigenvalue weighted by Crippen LogP contribution is -3.10. The fourth-order valence-electron chi connectivity index (χ4n) is 4.00. The molecule has 162 valence electrons. The Bertz CT molecular complexity index is 987. The predicted octanol–water partition coefficient (Wildman–Crippen LogP) is 2.25. The molecule has 2 aromatic rings. The van der Waals surface area contributed by atoms with Crippen LogP contribution in [0.15, 0.2) is 53.4 Å². The molecule has 2 N–H and O–H groups in total. The van der Waals surface area contributed by atoms with E-state index in [1.54, 1.807) is 19.2 Å². The van der Waals surface area contributed by atoms with Crippen LogP contribution in [0.2, 0.25) is 0 Å². The lowest BCUT2D eigenvalue weighted by atomic mass is 9.87. The van der Waals surface area contributed by atoms with Crippen molar-refractivity contribution in [3.63, 3.8) is 0 Å². The summed E-state index contributed by atoms with van der Waals surface area (Å²) in [6.07, 6.45) is 3.32. The summed E-state index contributed by atoms with van der Waals surface area (Å²) < 4.78 is 26.5. The second-order valence-electron chi connectivity index (χ2n) is 8.35. The number of nitrogens with zero attached hydrogens (tertiary/aromatic N) is 1. The van der Waals surface area contributed by atoms with Crippen molar-refractivity contribution in [2.75, 3.05) is 26.0 Å². The molecule has 0 saturated carbocycles. The van der Waals surface area contributed by atoms with Crippen LogP contribution in [0.5, 0.6) is 0 Å². The molecule has 6 nitrogen and oxygen atoms in total. The molecule has 0 bridgehead atoms. The van der Waals surface area contributed by atoms with E-state index in [1.165, 1.54) is 27.6 Å². The van der Waals surface area contributed by atoms with Crippen LogP contribution in [0.25, 0.3) is 0 Å². The van der Waals surface area contributed by atoms with Crippen LogP contribution in [0.4, 0.5) is 5.69 Å². The minimum absolute atomic E-state index is 0.0783. The summed E-state index contributed by atoms with van der Waals surface area (Å²) in [5, 5.41) is 2.90. The third-order valence-electron chi connectivity index (χ3n) is 5.95. The van der Waals surface area contributed by atoms with Crippen molar-refractivity contribution in [1.29, 1.82) is 0 Å².